The molecule has 5 heteroatoms. The summed E-state index contributed by atoms with van der Waals surface area (Å²) in [6.07, 6.45) is 7.05. The average molecular weight is 327 g/mol. The van der Waals surface area contributed by atoms with Gasteiger partial charge in [0.1, 0.15) is 22.4 Å². The molecule has 0 aliphatic heterocycles. The maximum Gasteiger partial charge on any atom is 0.145 e. The molecule has 2 N–H and O–H groups in total. The van der Waals surface area contributed by atoms with Gasteiger partial charge in [-0.05, 0) is 41.1 Å². The number of rotatable bonds is 5. The zero-order valence-electron chi connectivity index (χ0n) is 11.7. The highest BCUT2D eigenvalue weighted by Crippen LogP contribution is 2.31. The second kappa shape index (κ2) is 7.08. The summed E-state index contributed by atoms with van der Waals surface area (Å²) in [7, 11) is 0. The van der Waals surface area contributed by atoms with Crippen LogP contribution in [0.1, 0.15) is 39.5 Å². The van der Waals surface area contributed by atoms with Gasteiger partial charge in [-0.3, -0.25) is 0 Å². The van der Waals surface area contributed by atoms with Crippen LogP contribution in [-0.4, -0.2) is 23.1 Å². The lowest BCUT2D eigenvalue weighted by atomic mass is 9.80. The van der Waals surface area contributed by atoms with Crippen molar-refractivity contribution in [1.29, 1.82) is 0 Å². The van der Waals surface area contributed by atoms with Gasteiger partial charge in [-0.15, -0.1) is 0 Å². The molecule has 2 rings (SSSR count). The van der Waals surface area contributed by atoms with E-state index in [-0.39, 0.29) is 0 Å². The van der Waals surface area contributed by atoms with E-state index < -0.39 is 0 Å². The van der Waals surface area contributed by atoms with E-state index in [1.807, 2.05) is 0 Å². The molecule has 1 aromatic rings. The summed E-state index contributed by atoms with van der Waals surface area (Å²) >= 11 is 3.57. The summed E-state index contributed by atoms with van der Waals surface area (Å²) in [5.41, 5.74) is 0. The van der Waals surface area contributed by atoms with Crippen LogP contribution in [0, 0.1) is 11.8 Å². The van der Waals surface area contributed by atoms with E-state index >= 15 is 0 Å². The molecule has 2 unspecified atom stereocenters. The minimum absolute atomic E-state index is 0.762. The second-order valence-electron chi connectivity index (χ2n) is 5.32. The highest BCUT2D eigenvalue weighted by Gasteiger charge is 2.21. The van der Waals surface area contributed by atoms with Crippen LogP contribution in [0.5, 0.6) is 0 Å². The third-order valence-electron chi connectivity index (χ3n) is 3.95. The summed E-state index contributed by atoms with van der Waals surface area (Å²) in [6, 6.07) is 0. The Kier molecular flexibility index (Phi) is 5.43. The van der Waals surface area contributed by atoms with Gasteiger partial charge in [0.15, 0.2) is 0 Å². The van der Waals surface area contributed by atoms with Crippen LogP contribution in [0.3, 0.4) is 0 Å². The van der Waals surface area contributed by atoms with E-state index in [1.165, 1.54) is 25.7 Å². The summed E-state index contributed by atoms with van der Waals surface area (Å²) in [5, 5.41) is 6.70. The van der Waals surface area contributed by atoms with Crippen molar-refractivity contribution in [3.63, 3.8) is 0 Å². The van der Waals surface area contributed by atoms with Gasteiger partial charge >= 0.3 is 0 Å². The fraction of sp³-hybridized carbons (Fsp3) is 0.714. The van der Waals surface area contributed by atoms with Crippen LogP contribution in [0.15, 0.2) is 10.8 Å². The number of aromatic nitrogens is 2. The maximum absolute atomic E-state index is 4.32. The first-order valence-corrected chi connectivity index (χ1v) is 8.00. The molecule has 1 saturated carbocycles. The number of nitrogens with zero attached hydrogens (tertiary/aromatic N) is 2. The number of anilines is 2. The Balaban J connectivity index is 1.97. The lowest BCUT2D eigenvalue weighted by Gasteiger charge is -2.29. The van der Waals surface area contributed by atoms with Crippen LogP contribution in [0.4, 0.5) is 11.6 Å². The number of halogens is 1. The van der Waals surface area contributed by atoms with Crippen molar-refractivity contribution < 1.29 is 0 Å². The van der Waals surface area contributed by atoms with Crippen LogP contribution < -0.4 is 10.6 Å². The summed E-state index contributed by atoms with van der Waals surface area (Å²) in [4.78, 5) is 8.55. The molecule has 0 bridgehead atoms. The Morgan fingerprint density at radius 1 is 1.21 bits per heavy atom. The van der Waals surface area contributed by atoms with E-state index in [9.17, 15) is 0 Å². The Hall–Kier alpha value is -0.840. The predicted octanol–water partition coefficient (Wildman–Crippen LogP) is 3.91. The van der Waals surface area contributed by atoms with E-state index in [2.05, 4.69) is 50.4 Å². The molecule has 2 atom stereocenters. The standard InChI is InChI=1S/C14H23BrN4/c1-3-16-13-12(15)14(19-9-18-13)17-8-11-7-5-4-6-10(11)2/h9-11H,3-8H2,1-2H3,(H2,16,17,18,19). The van der Waals surface area contributed by atoms with Gasteiger partial charge in [-0.25, -0.2) is 9.97 Å². The molecule has 0 saturated heterocycles. The van der Waals surface area contributed by atoms with Crippen molar-refractivity contribution in [2.75, 3.05) is 23.7 Å². The molecule has 1 fully saturated rings. The third kappa shape index (κ3) is 3.81. The monoisotopic (exact) mass is 326 g/mol. The molecule has 0 aromatic carbocycles. The van der Waals surface area contributed by atoms with E-state index in [4.69, 9.17) is 0 Å². The van der Waals surface area contributed by atoms with Crippen molar-refractivity contribution >= 4 is 27.6 Å². The van der Waals surface area contributed by atoms with E-state index in [1.54, 1.807) is 6.33 Å². The van der Waals surface area contributed by atoms with Gasteiger partial charge in [0.25, 0.3) is 0 Å². The van der Waals surface area contributed by atoms with Crippen LogP contribution in [0.25, 0.3) is 0 Å². The normalized spacial score (nSPS) is 23.1. The van der Waals surface area contributed by atoms with Gasteiger partial charge in [0.05, 0.1) is 0 Å². The van der Waals surface area contributed by atoms with Crippen molar-refractivity contribution in [3.05, 3.63) is 10.8 Å². The molecule has 0 spiro atoms. The largest absolute Gasteiger partial charge is 0.369 e. The molecule has 4 nitrogen and oxygen atoms in total. The molecular formula is C14H23BrN4. The van der Waals surface area contributed by atoms with Crippen molar-refractivity contribution in [2.45, 2.75) is 39.5 Å². The third-order valence-corrected chi connectivity index (χ3v) is 4.71. The topological polar surface area (TPSA) is 49.8 Å². The lowest BCUT2D eigenvalue weighted by Crippen LogP contribution is -2.24. The average Bonchev–Trinajstić information content (AvgIpc) is 2.42. The van der Waals surface area contributed by atoms with Gasteiger partial charge < -0.3 is 10.6 Å². The van der Waals surface area contributed by atoms with Crippen molar-refractivity contribution in [2.24, 2.45) is 11.8 Å². The van der Waals surface area contributed by atoms with E-state index in [0.717, 1.165) is 41.0 Å². The highest BCUT2D eigenvalue weighted by atomic mass is 79.9. The van der Waals surface area contributed by atoms with Crippen LogP contribution >= 0.6 is 15.9 Å². The summed E-state index contributed by atoms with van der Waals surface area (Å²) < 4.78 is 0.931. The minimum Gasteiger partial charge on any atom is -0.369 e. The Morgan fingerprint density at radius 2 is 1.89 bits per heavy atom. The summed E-state index contributed by atoms with van der Waals surface area (Å²) in [6.45, 7) is 6.28. The zero-order valence-corrected chi connectivity index (χ0v) is 13.3. The van der Waals surface area contributed by atoms with Gasteiger partial charge in [-0.1, -0.05) is 26.2 Å². The smallest absolute Gasteiger partial charge is 0.145 e. The molecule has 0 radical (unpaired) electrons. The van der Waals surface area contributed by atoms with Crippen molar-refractivity contribution in [1.82, 2.24) is 9.97 Å². The first-order chi connectivity index (χ1) is 9.22. The minimum atomic E-state index is 0.762. The van der Waals surface area contributed by atoms with E-state index in [0.29, 0.717) is 0 Å². The fourth-order valence-electron chi connectivity index (χ4n) is 2.71. The molecule has 0 amide bonds. The number of hydrogen-bond acceptors (Lipinski definition) is 4. The quantitative estimate of drug-likeness (QED) is 0.861. The highest BCUT2D eigenvalue weighted by molar-refractivity contribution is 9.10. The number of nitrogens with one attached hydrogen (secondary N) is 2. The maximum atomic E-state index is 4.32. The first-order valence-electron chi connectivity index (χ1n) is 7.20. The van der Waals surface area contributed by atoms with Gasteiger partial charge in [-0.2, -0.15) is 0 Å². The van der Waals surface area contributed by atoms with Crippen LogP contribution in [-0.2, 0) is 0 Å². The molecule has 1 aromatic heterocycles. The predicted molar refractivity (Wildman–Crippen MR) is 83.5 cm³/mol. The Bertz CT molecular complexity index is 410. The molecule has 19 heavy (non-hydrogen) atoms. The number of hydrogen-bond donors (Lipinski definition) is 2. The first kappa shape index (κ1) is 14.6. The molecular weight excluding hydrogens is 304 g/mol. The Labute approximate surface area is 123 Å². The molecule has 1 aliphatic carbocycles. The van der Waals surface area contributed by atoms with Crippen molar-refractivity contribution in [3.8, 4) is 0 Å². The molecule has 1 aliphatic rings. The SMILES string of the molecule is CCNc1ncnc(NCC2CCCCC2C)c1Br. The molecule has 106 valence electrons. The van der Waals surface area contributed by atoms with Gasteiger partial charge in [0, 0.05) is 13.1 Å². The summed E-state index contributed by atoms with van der Waals surface area (Å²) in [5.74, 6) is 3.33. The van der Waals surface area contributed by atoms with Crippen LogP contribution in [0.2, 0.25) is 0 Å². The zero-order chi connectivity index (χ0) is 13.7. The Morgan fingerprint density at radius 3 is 2.58 bits per heavy atom. The lowest BCUT2D eigenvalue weighted by molar-refractivity contribution is 0.268. The fourth-order valence-corrected chi connectivity index (χ4v) is 3.19. The second-order valence-corrected chi connectivity index (χ2v) is 6.11. The molecule has 1 heterocycles. The van der Waals surface area contributed by atoms with Gasteiger partial charge in [0.2, 0.25) is 0 Å².